The van der Waals surface area contributed by atoms with E-state index in [1.165, 1.54) is 6.42 Å². The zero-order valence-electron chi connectivity index (χ0n) is 11.9. The monoisotopic (exact) mass is 250 g/mol. The van der Waals surface area contributed by atoms with Crippen molar-refractivity contribution in [2.24, 2.45) is 17.8 Å². The van der Waals surface area contributed by atoms with Crippen molar-refractivity contribution in [1.82, 2.24) is 0 Å². The summed E-state index contributed by atoms with van der Waals surface area (Å²) in [4.78, 5) is 12.1. The van der Waals surface area contributed by atoms with Crippen LogP contribution >= 0.6 is 0 Å². The SMILES string of the molecule is CC(C)[C@H]1CC[C@@H](C)C[C@@]1(O)C1=CCCCC1=O. The normalized spacial score (nSPS) is 37.8. The van der Waals surface area contributed by atoms with E-state index in [0.717, 1.165) is 31.3 Å². The smallest absolute Gasteiger partial charge is 0.161 e. The van der Waals surface area contributed by atoms with Gasteiger partial charge < -0.3 is 5.11 Å². The third-order valence-corrected chi connectivity index (χ3v) is 4.77. The molecule has 0 saturated heterocycles. The molecule has 0 radical (unpaired) electrons. The molecule has 2 nitrogen and oxygen atoms in total. The zero-order valence-corrected chi connectivity index (χ0v) is 11.9. The second-order valence-corrected chi connectivity index (χ2v) is 6.59. The second kappa shape index (κ2) is 5.16. The highest BCUT2D eigenvalue weighted by atomic mass is 16.3. The predicted octanol–water partition coefficient (Wildman–Crippen LogP) is 3.49. The number of carbonyl (C=O) groups excluding carboxylic acids is 1. The minimum Gasteiger partial charge on any atom is -0.385 e. The first-order chi connectivity index (χ1) is 8.45. The Morgan fingerprint density at radius 1 is 1.39 bits per heavy atom. The van der Waals surface area contributed by atoms with Crippen molar-refractivity contribution in [3.05, 3.63) is 11.6 Å². The van der Waals surface area contributed by atoms with Gasteiger partial charge in [-0.15, -0.1) is 0 Å². The van der Waals surface area contributed by atoms with Crippen molar-refractivity contribution >= 4 is 5.78 Å². The van der Waals surface area contributed by atoms with Gasteiger partial charge >= 0.3 is 0 Å². The summed E-state index contributed by atoms with van der Waals surface area (Å²) in [5.41, 5.74) is -0.123. The van der Waals surface area contributed by atoms with Gasteiger partial charge in [0.1, 0.15) is 0 Å². The van der Waals surface area contributed by atoms with E-state index in [-0.39, 0.29) is 11.7 Å². The molecule has 18 heavy (non-hydrogen) atoms. The van der Waals surface area contributed by atoms with E-state index in [1.807, 2.05) is 6.08 Å². The molecule has 2 heteroatoms. The van der Waals surface area contributed by atoms with Gasteiger partial charge in [0.15, 0.2) is 5.78 Å². The van der Waals surface area contributed by atoms with Crippen molar-refractivity contribution in [3.8, 4) is 0 Å². The van der Waals surface area contributed by atoms with Crippen LogP contribution in [-0.2, 0) is 4.79 Å². The van der Waals surface area contributed by atoms with Crippen LogP contribution in [0, 0.1) is 17.8 Å². The molecule has 2 aliphatic carbocycles. The van der Waals surface area contributed by atoms with Crippen LogP contribution in [0.25, 0.3) is 0 Å². The van der Waals surface area contributed by atoms with Crippen LogP contribution in [0.15, 0.2) is 11.6 Å². The number of rotatable bonds is 2. The summed E-state index contributed by atoms with van der Waals surface area (Å²) in [6.45, 7) is 6.52. The van der Waals surface area contributed by atoms with Gasteiger partial charge in [0, 0.05) is 12.0 Å². The molecule has 1 fully saturated rings. The maximum atomic E-state index is 12.1. The van der Waals surface area contributed by atoms with Gasteiger partial charge in [-0.3, -0.25) is 4.79 Å². The molecule has 0 unspecified atom stereocenters. The molecular weight excluding hydrogens is 224 g/mol. The fourth-order valence-corrected chi connectivity index (χ4v) is 3.86. The van der Waals surface area contributed by atoms with Crippen LogP contribution in [0.3, 0.4) is 0 Å². The number of aliphatic hydroxyl groups is 1. The quantitative estimate of drug-likeness (QED) is 0.814. The van der Waals surface area contributed by atoms with E-state index in [2.05, 4.69) is 20.8 Å². The van der Waals surface area contributed by atoms with Crippen LogP contribution in [0.4, 0.5) is 0 Å². The third kappa shape index (κ3) is 2.40. The standard InChI is InChI=1S/C16H26O2/c1-11(2)13-9-8-12(3)10-16(13,18)14-6-4-5-7-15(14)17/h6,11-13,18H,4-5,7-10H2,1-3H3/t12-,13-,16+/m1/s1. The summed E-state index contributed by atoms with van der Waals surface area (Å²) < 4.78 is 0. The average molecular weight is 250 g/mol. The predicted molar refractivity (Wildman–Crippen MR) is 73.2 cm³/mol. The summed E-state index contributed by atoms with van der Waals surface area (Å²) in [5, 5.41) is 11.2. The van der Waals surface area contributed by atoms with E-state index in [9.17, 15) is 9.90 Å². The van der Waals surface area contributed by atoms with Gasteiger partial charge in [0.05, 0.1) is 5.60 Å². The van der Waals surface area contributed by atoms with Crippen molar-refractivity contribution in [2.75, 3.05) is 0 Å². The van der Waals surface area contributed by atoms with Crippen molar-refractivity contribution in [3.63, 3.8) is 0 Å². The molecule has 2 rings (SSSR count). The Morgan fingerprint density at radius 2 is 2.11 bits per heavy atom. The molecule has 0 aliphatic heterocycles. The summed E-state index contributed by atoms with van der Waals surface area (Å²) in [5.74, 6) is 1.37. The Bertz CT molecular complexity index is 356. The molecular formula is C16H26O2. The summed E-state index contributed by atoms with van der Waals surface area (Å²) in [6, 6.07) is 0. The van der Waals surface area contributed by atoms with E-state index >= 15 is 0 Å². The molecule has 102 valence electrons. The number of allylic oxidation sites excluding steroid dienone is 1. The maximum absolute atomic E-state index is 12.1. The summed E-state index contributed by atoms with van der Waals surface area (Å²) in [6.07, 6.45) is 7.50. The number of ketones is 1. The molecule has 0 heterocycles. The van der Waals surface area contributed by atoms with Gasteiger partial charge in [0.25, 0.3) is 0 Å². The Kier molecular flexibility index (Phi) is 3.96. The van der Waals surface area contributed by atoms with Gasteiger partial charge in [-0.2, -0.15) is 0 Å². The Hall–Kier alpha value is -0.630. The topological polar surface area (TPSA) is 37.3 Å². The van der Waals surface area contributed by atoms with Crippen LogP contribution < -0.4 is 0 Å². The minimum atomic E-state index is -0.858. The van der Waals surface area contributed by atoms with Crippen LogP contribution in [-0.4, -0.2) is 16.5 Å². The van der Waals surface area contributed by atoms with E-state index < -0.39 is 5.60 Å². The molecule has 2 aliphatic rings. The molecule has 0 aromatic carbocycles. The van der Waals surface area contributed by atoms with Gasteiger partial charge in [0.2, 0.25) is 0 Å². The van der Waals surface area contributed by atoms with E-state index in [4.69, 9.17) is 0 Å². The number of Topliss-reactive ketones (excluding diaryl/α,β-unsaturated/α-hetero) is 1. The molecule has 0 bridgehead atoms. The lowest BCUT2D eigenvalue weighted by Gasteiger charge is -2.46. The Morgan fingerprint density at radius 3 is 2.72 bits per heavy atom. The first-order valence-electron chi connectivity index (χ1n) is 7.41. The molecule has 1 saturated carbocycles. The first-order valence-corrected chi connectivity index (χ1v) is 7.41. The molecule has 0 spiro atoms. The third-order valence-electron chi connectivity index (χ3n) is 4.77. The molecule has 0 aromatic heterocycles. The molecule has 0 aromatic rings. The Balaban J connectivity index is 2.34. The maximum Gasteiger partial charge on any atom is 0.161 e. The fraction of sp³-hybridized carbons (Fsp3) is 0.812. The summed E-state index contributed by atoms with van der Waals surface area (Å²) in [7, 11) is 0. The van der Waals surface area contributed by atoms with Crippen LogP contribution in [0.2, 0.25) is 0 Å². The number of carbonyl (C=O) groups is 1. The molecule has 1 N–H and O–H groups in total. The lowest BCUT2D eigenvalue weighted by Crippen LogP contribution is -2.49. The van der Waals surface area contributed by atoms with Gasteiger partial charge in [-0.1, -0.05) is 33.3 Å². The minimum absolute atomic E-state index is 0.184. The Labute approximate surface area is 110 Å². The first kappa shape index (κ1) is 13.8. The lowest BCUT2D eigenvalue weighted by atomic mass is 9.62. The van der Waals surface area contributed by atoms with Crippen LogP contribution in [0.1, 0.15) is 59.3 Å². The lowest BCUT2D eigenvalue weighted by molar-refractivity contribution is -0.122. The largest absolute Gasteiger partial charge is 0.385 e. The van der Waals surface area contributed by atoms with E-state index in [0.29, 0.717) is 18.3 Å². The average Bonchev–Trinajstić information content (AvgIpc) is 2.28. The van der Waals surface area contributed by atoms with Crippen molar-refractivity contribution in [1.29, 1.82) is 0 Å². The number of hydrogen-bond donors (Lipinski definition) is 1. The summed E-state index contributed by atoms with van der Waals surface area (Å²) >= 11 is 0. The second-order valence-electron chi connectivity index (χ2n) is 6.59. The van der Waals surface area contributed by atoms with Crippen LogP contribution in [0.5, 0.6) is 0 Å². The highest BCUT2D eigenvalue weighted by Crippen LogP contribution is 2.46. The van der Waals surface area contributed by atoms with Gasteiger partial charge in [-0.25, -0.2) is 0 Å². The van der Waals surface area contributed by atoms with Gasteiger partial charge in [-0.05, 0) is 43.4 Å². The zero-order chi connectivity index (χ0) is 13.3. The highest BCUT2D eigenvalue weighted by molar-refractivity contribution is 5.98. The number of hydrogen-bond acceptors (Lipinski definition) is 2. The fourth-order valence-electron chi connectivity index (χ4n) is 3.86. The van der Waals surface area contributed by atoms with E-state index in [1.54, 1.807) is 0 Å². The van der Waals surface area contributed by atoms with Crippen molar-refractivity contribution < 1.29 is 9.90 Å². The molecule has 3 atom stereocenters. The highest BCUT2D eigenvalue weighted by Gasteiger charge is 2.47. The van der Waals surface area contributed by atoms with Crippen molar-refractivity contribution in [2.45, 2.75) is 64.9 Å². The molecule has 0 amide bonds.